The molecule has 10 rings (SSSR count). The largest absolute Gasteiger partial charge is 0.456 e. The van der Waals surface area contributed by atoms with Gasteiger partial charge >= 0.3 is 0 Å². The van der Waals surface area contributed by atoms with E-state index in [0.717, 1.165) is 52.0 Å². The number of nitrogens with one attached hydrogen (secondary N) is 1. The van der Waals surface area contributed by atoms with Crippen LogP contribution in [-0.2, 0) is 6.42 Å². The van der Waals surface area contributed by atoms with Crippen molar-refractivity contribution >= 4 is 65.8 Å². The van der Waals surface area contributed by atoms with Gasteiger partial charge in [0, 0.05) is 37.7 Å². The van der Waals surface area contributed by atoms with E-state index in [4.69, 9.17) is 14.4 Å². The maximum atomic E-state index is 6.34. The van der Waals surface area contributed by atoms with Crippen molar-refractivity contribution in [3.8, 4) is 10.4 Å². The lowest BCUT2D eigenvalue weighted by molar-refractivity contribution is 0.536. The Morgan fingerprint density at radius 2 is 1.57 bits per heavy atom. The Balaban J connectivity index is 1.12. The number of fused-ring (bicyclic) bond motifs is 9. The first-order valence-electron chi connectivity index (χ1n) is 16.0. The summed E-state index contributed by atoms with van der Waals surface area (Å²) in [6, 6.07) is 37.0. The van der Waals surface area contributed by atoms with E-state index in [0.29, 0.717) is 0 Å². The molecule has 0 radical (unpaired) electrons. The van der Waals surface area contributed by atoms with Crippen LogP contribution in [0.1, 0.15) is 29.0 Å². The van der Waals surface area contributed by atoms with Gasteiger partial charge in [-0.15, -0.1) is 11.3 Å². The van der Waals surface area contributed by atoms with Crippen LogP contribution in [0.5, 0.6) is 0 Å². The van der Waals surface area contributed by atoms with Gasteiger partial charge in [-0.25, -0.2) is 9.98 Å². The summed E-state index contributed by atoms with van der Waals surface area (Å²) in [6.07, 6.45) is 10.3. The Morgan fingerprint density at radius 1 is 0.739 bits per heavy atom. The molecule has 220 valence electrons. The number of hydrogen-bond acceptors (Lipinski definition) is 5. The zero-order valence-corrected chi connectivity index (χ0v) is 25.8. The van der Waals surface area contributed by atoms with E-state index in [-0.39, 0.29) is 18.0 Å². The molecular formula is C41H29N3OS. The van der Waals surface area contributed by atoms with E-state index >= 15 is 0 Å². The monoisotopic (exact) mass is 611 g/mol. The minimum absolute atomic E-state index is 0.127. The van der Waals surface area contributed by atoms with Crippen LogP contribution in [0.15, 0.2) is 142 Å². The second kappa shape index (κ2) is 10.1. The van der Waals surface area contributed by atoms with Crippen molar-refractivity contribution in [2.75, 3.05) is 0 Å². The molecule has 0 saturated carbocycles. The van der Waals surface area contributed by atoms with E-state index in [2.05, 4.69) is 133 Å². The quantitative estimate of drug-likeness (QED) is 0.216. The molecule has 0 fully saturated rings. The summed E-state index contributed by atoms with van der Waals surface area (Å²) in [5, 5.41) is 9.66. The summed E-state index contributed by atoms with van der Waals surface area (Å²) in [4.78, 5) is 12.2. The number of nitrogens with zero attached hydrogens (tertiary/aromatic N) is 2. The second-order valence-electron chi connectivity index (χ2n) is 12.5. The first-order valence-corrected chi connectivity index (χ1v) is 16.8. The number of amidine groups is 2. The fourth-order valence-electron chi connectivity index (χ4n) is 7.54. The smallest absolute Gasteiger partial charge is 0.151 e. The summed E-state index contributed by atoms with van der Waals surface area (Å²) < 4.78 is 7.68. The molecule has 0 bridgehead atoms. The number of furan rings is 1. The Hall–Kier alpha value is -5.26. The lowest BCUT2D eigenvalue weighted by Crippen LogP contribution is -2.42. The number of hydrogen-bond donors (Lipinski definition) is 1. The standard InChI is InChI=1S/C41H29N3OS/c1-2-10-24(11-3-1)39-42-40(27-18-19-35-31(21-27)32-20-25-12-4-5-13-26(25)22-36(32)45-35)44-41(43-39)34-23-33-29-15-8-9-17-37(29)46-38(33)30-16-7-6-14-28(30)34/h1-10,12-22,24,34,41H,11,23H2,(H,42,43,44). The highest BCUT2D eigenvalue weighted by Gasteiger charge is 2.35. The van der Waals surface area contributed by atoms with E-state index < -0.39 is 0 Å². The van der Waals surface area contributed by atoms with Gasteiger partial charge in [0.25, 0.3) is 0 Å². The molecule has 0 saturated heterocycles. The molecule has 3 atom stereocenters. The topological polar surface area (TPSA) is 49.9 Å². The molecule has 2 aliphatic carbocycles. The predicted molar refractivity (Wildman–Crippen MR) is 192 cm³/mol. The molecule has 3 heterocycles. The zero-order valence-electron chi connectivity index (χ0n) is 25.0. The molecule has 3 unspecified atom stereocenters. The summed E-state index contributed by atoms with van der Waals surface area (Å²) in [5.74, 6) is 2.16. The van der Waals surface area contributed by atoms with Crippen molar-refractivity contribution in [3.05, 3.63) is 144 Å². The van der Waals surface area contributed by atoms with Crippen LogP contribution < -0.4 is 5.32 Å². The molecule has 5 aromatic carbocycles. The minimum atomic E-state index is -0.251. The lowest BCUT2D eigenvalue weighted by atomic mass is 9.80. The highest BCUT2D eigenvalue weighted by molar-refractivity contribution is 7.22. The van der Waals surface area contributed by atoms with Crippen molar-refractivity contribution in [1.29, 1.82) is 0 Å². The third-order valence-electron chi connectivity index (χ3n) is 9.81. The van der Waals surface area contributed by atoms with Crippen LogP contribution in [-0.4, -0.2) is 17.8 Å². The van der Waals surface area contributed by atoms with Crippen LogP contribution in [0.2, 0.25) is 0 Å². The van der Waals surface area contributed by atoms with Gasteiger partial charge in [-0.2, -0.15) is 0 Å². The van der Waals surface area contributed by atoms with Crippen molar-refractivity contribution in [3.63, 3.8) is 0 Å². The molecular weight excluding hydrogens is 583 g/mol. The van der Waals surface area contributed by atoms with Crippen molar-refractivity contribution in [1.82, 2.24) is 5.32 Å². The third-order valence-corrected chi connectivity index (χ3v) is 11.1. The SMILES string of the molecule is C1=CCC(C2=NC(C3Cc4c(sc5ccccc45)-c4ccccc43)N=C(c3ccc4oc5cc6ccccc6cc5c4c3)N2)C=C1. The van der Waals surface area contributed by atoms with Gasteiger partial charge in [0.1, 0.15) is 22.8 Å². The molecule has 1 aliphatic heterocycles. The van der Waals surface area contributed by atoms with Gasteiger partial charge in [-0.3, -0.25) is 0 Å². The molecule has 2 aromatic heterocycles. The second-order valence-corrected chi connectivity index (χ2v) is 13.6. The van der Waals surface area contributed by atoms with Gasteiger partial charge in [-0.05, 0) is 82.1 Å². The minimum Gasteiger partial charge on any atom is -0.456 e. The van der Waals surface area contributed by atoms with Crippen LogP contribution >= 0.6 is 11.3 Å². The van der Waals surface area contributed by atoms with E-state index in [1.807, 2.05) is 11.3 Å². The Morgan fingerprint density at radius 3 is 2.48 bits per heavy atom. The number of allylic oxidation sites excluding steroid dienone is 3. The van der Waals surface area contributed by atoms with Crippen LogP contribution in [0.3, 0.4) is 0 Å². The van der Waals surface area contributed by atoms with E-state index in [1.165, 1.54) is 42.4 Å². The fraction of sp³-hybridized carbons (Fsp3) is 0.122. The highest BCUT2D eigenvalue weighted by atomic mass is 32.1. The Bertz CT molecular complexity index is 2490. The molecule has 5 heteroatoms. The van der Waals surface area contributed by atoms with Crippen LogP contribution in [0.4, 0.5) is 0 Å². The molecule has 0 spiro atoms. The average molecular weight is 612 g/mol. The van der Waals surface area contributed by atoms with Crippen molar-refractivity contribution in [2.24, 2.45) is 15.9 Å². The average Bonchev–Trinajstić information content (AvgIpc) is 3.68. The molecule has 3 aliphatic rings. The molecule has 46 heavy (non-hydrogen) atoms. The maximum Gasteiger partial charge on any atom is 0.151 e. The third kappa shape index (κ3) is 4.05. The number of benzene rings is 5. The van der Waals surface area contributed by atoms with Crippen LogP contribution in [0.25, 0.3) is 53.2 Å². The van der Waals surface area contributed by atoms with E-state index in [1.54, 1.807) is 0 Å². The van der Waals surface area contributed by atoms with Crippen molar-refractivity contribution < 1.29 is 4.42 Å². The summed E-state index contributed by atoms with van der Waals surface area (Å²) in [5.41, 5.74) is 6.91. The van der Waals surface area contributed by atoms with Crippen LogP contribution in [0, 0.1) is 5.92 Å². The van der Waals surface area contributed by atoms with E-state index in [9.17, 15) is 0 Å². The normalized spacial score (nSPS) is 20.5. The molecule has 4 nitrogen and oxygen atoms in total. The molecule has 7 aromatic rings. The lowest BCUT2D eigenvalue weighted by Gasteiger charge is -2.33. The fourth-order valence-corrected chi connectivity index (χ4v) is 8.82. The summed E-state index contributed by atoms with van der Waals surface area (Å²) in [7, 11) is 0. The maximum absolute atomic E-state index is 6.34. The van der Waals surface area contributed by atoms with Gasteiger partial charge < -0.3 is 9.73 Å². The summed E-state index contributed by atoms with van der Waals surface area (Å²) >= 11 is 1.91. The number of aliphatic imine (C=N–C) groups is 2. The van der Waals surface area contributed by atoms with Crippen molar-refractivity contribution in [2.45, 2.75) is 24.9 Å². The Kier molecular flexibility index (Phi) is 5.73. The molecule has 1 N–H and O–H groups in total. The first kappa shape index (κ1) is 26.0. The van der Waals surface area contributed by atoms with Gasteiger partial charge in [0.15, 0.2) is 6.17 Å². The zero-order chi connectivity index (χ0) is 30.2. The van der Waals surface area contributed by atoms with Gasteiger partial charge in [-0.1, -0.05) is 91.0 Å². The first-order chi connectivity index (χ1) is 22.8. The summed E-state index contributed by atoms with van der Waals surface area (Å²) in [6.45, 7) is 0. The number of thiophene rings is 1. The van der Waals surface area contributed by atoms with Gasteiger partial charge in [0.2, 0.25) is 0 Å². The highest BCUT2D eigenvalue weighted by Crippen LogP contribution is 2.49. The van der Waals surface area contributed by atoms with Gasteiger partial charge in [0.05, 0.1) is 0 Å². The molecule has 0 amide bonds. The Labute approximate surface area is 270 Å². The predicted octanol–water partition coefficient (Wildman–Crippen LogP) is 10.2. The number of rotatable bonds is 3.